The van der Waals surface area contributed by atoms with Gasteiger partial charge < -0.3 is 19.9 Å². The molecule has 0 spiro atoms. The first-order valence-corrected chi connectivity index (χ1v) is 8.03. The van der Waals surface area contributed by atoms with E-state index in [4.69, 9.17) is 21.5 Å². The van der Waals surface area contributed by atoms with Crippen molar-refractivity contribution in [2.75, 3.05) is 25.0 Å². The van der Waals surface area contributed by atoms with Crippen LogP contribution in [0, 0.1) is 18.6 Å². The summed E-state index contributed by atoms with van der Waals surface area (Å²) in [6.07, 6.45) is -1.22. The number of halogens is 2. The minimum atomic E-state index is -0.922. The lowest BCUT2D eigenvalue weighted by Gasteiger charge is -2.14. The van der Waals surface area contributed by atoms with Gasteiger partial charge in [-0.05, 0) is 31.3 Å². The summed E-state index contributed by atoms with van der Waals surface area (Å²) in [6, 6.07) is 2.04. The van der Waals surface area contributed by atoms with Crippen LogP contribution in [0.25, 0.3) is 11.5 Å². The van der Waals surface area contributed by atoms with Gasteiger partial charge in [-0.2, -0.15) is 4.98 Å². The molecule has 26 heavy (non-hydrogen) atoms. The zero-order valence-corrected chi connectivity index (χ0v) is 14.7. The van der Waals surface area contributed by atoms with Crippen molar-refractivity contribution in [2.24, 2.45) is 0 Å². The molecular weight excluding hydrogens is 368 g/mol. The zero-order valence-electron chi connectivity index (χ0n) is 13.9. The summed E-state index contributed by atoms with van der Waals surface area (Å²) in [7, 11) is 1.65. The molecule has 1 saturated heterocycles. The number of carbonyl (C=O) groups excluding carboxylic acids is 1. The molecule has 0 radical (unpaired) electrons. The highest BCUT2D eigenvalue weighted by molar-refractivity contribution is 7.80. The molecule has 1 aromatic heterocycles. The highest BCUT2D eigenvalue weighted by Crippen LogP contribution is 2.31. The predicted octanol–water partition coefficient (Wildman–Crippen LogP) is 1.74. The number of aromatic nitrogens is 2. The molecule has 0 saturated carbocycles. The molecule has 1 aliphatic heterocycles. The Hall–Kier alpha value is -2.82. The highest BCUT2D eigenvalue weighted by Gasteiger charge is 2.33. The Labute approximate surface area is 152 Å². The number of ether oxygens (including phenoxy) is 1. The predicted molar refractivity (Wildman–Crippen MR) is 91.7 cm³/mol. The van der Waals surface area contributed by atoms with Crippen molar-refractivity contribution in [3.8, 4) is 11.5 Å². The summed E-state index contributed by atoms with van der Waals surface area (Å²) in [5.41, 5.74) is -0.414. The zero-order chi connectivity index (χ0) is 18.8. The Morgan fingerprint density at radius 3 is 2.69 bits per heavy atom. The number of thiocarbonyl (C=S) groups is 1. The van der Waals surface area contributed by atoms with Crippen molar-refractivity contribution in [3.05, 3.63) is 29.6 Å². The summed E-state index contributed by atoms with van der Waals surface area (Å²) in [6.45, 7) is 1.92. The van der Waals surface area contributed by atoms with Crippen molar-refractivity contribution in [1.82, 2.24) is 20.8 Å². The van der Waals surface area contributed by atoms with E-state index in [2.05, 4.69) is 20.8 Å². The summed E-state index contributed by atoms with van der Waals surface area (Å²) in [5.74, 6) is -1.86. The smallest absolute Gasteiger partial charge is 0.414 e. The van der Waals surface area contributed by atoms with E-state index in [1.54, 1.807) is 7.05 Å². The van der Waals surface area contributed by atoms with Crippen molar-refractivity contribution in [3.63, 3.8) is 0 Å². The minimum absolute atomic E-state index is 0.0312. The van der Waals surface area contributed by atoms with E-state index in [0.29, 0.717) is 5.11 Å². The first-order chi connectivity index (χ1) is 12.4. The number of cyclic esters (lactones) is 1. The van der Waals surface area contributed by atoms with Gasteiger partial charge in [-0.1, -0.05) is 5.16 Å². The SMILES string of the molecule is CNC(=S)NCC1CN(c2cc(F)c(-c3nc(C)no3)c(F)c2)C(=O)O1. The van der Waals surface area contributed by atoms with E-state index in [-0.39, 0.29) is 30.5 Å². The van der Waals surface area contributed by atoms with Crippen molar-refractivity contribution in [2.45, 2.75) is 13.0 Å². The number of nitrogens with zero attached hydrogens (tertiary/aromatic N) is 3. The second-order valence-corrected chi connectivity index (χ2v) is 5.92. The van der Waals surface area contributed by atoms with Crippen molar-refractivity contribution < 1.29 is 22.8 Å². The molecule has 11 heteroatoms. The van der Waals surface area contributed by atoms with Crippen LogP contribution in [0.5, 0.6) is 0 Å². The maximum Gasteiger partial charge on any atom is 0.414 e. The molecule has 2 N–H and O–H groups in total. The van der Waals surface area contributed by atoms with Gasteiger partial charge in [-0.15, -0.1) is 0 Å². The summed E-state index contributed by atoms with van der Waals surface area (Å²) >= 11 is 4.94. The number of rotatable bonds is 4. The second-order valence-electron chi connectivity index (χ2n) is 5.51. The molecule has 1 unspecified atom stereocenters. The van der Waals surface area contributed by atoms with E-state index in [0.717, 1.165) is 17.0 Å². The van der Waals surface area contributed by atoms with Crippen LogP contribution < -0.4 is 15.5 Å². The molecule has 1 atom stereocenters. The average molecular weight is 383 g/mol. The lowest BCUT2D eigenvalue weighted by molar-refractivity contribution is 0.143. The van der Waals surface area contributed by atoms with Crippen LogP contribution in [0.4, 0.5) is 19.3 Å². The number of benzene rings is 1. The lowest BCUT2D eigenvalue weighted by Crippen LogP contribution is -2.39. The number of carbonyl (C=O) groups is 1. The van der Waals surface area contributed by atoms with Gasteiger partial charge in [0.05, 0.1) is 18.8 Å². The third kappa shape index (κ3) is 3.57. The first kappa shape index (κ1) is 18.0. The van der Waals surface area contributed by atoms with E-state index in [1.807, 2.05) is 0 Å². The lowest BCUT2D eigenvalue weighted by atomic mass is 10.1. The molecule has 2 heterocycles. The van der Waals surface area contributed by atoms with Gasteiger partial charge in [0, 0.05) is 7.05 Å². The quantitative estimate of drug-likeness (QED) is 0.772. The van der Waals surface area contributed by atoms with Gasteiger partial charge in [0.15, 0.2) is 10.9 Å². The number of aryl methyl sites for hydroxylation is 1. The second kappa shape index (κ2) is 7.20. The van der Waals surface area contributed by atoms with Crippen LogP contribution in [-0.2, 0) is 4.74 Å². The Morgan fingerprint density at radius 1 is 1.42 bits per heavy atom. The first-order valence-electron chi connectivity index (χ1n) is 7.62. The van der Waals surface area contributed by atoms with Gasteiger partial charge in [0.1, 0.15) is 23.3 Å². The molecule has 2 aromatic rings. The Balaban J connectivity index is 1.79. The molecule has 0 bridgehead atoms. The van der Waals surface area contributed by atoms with Crippen LogP contribution in [0.1, 0.15) is 5.82 Å². The maximum atomic E-state index is 14.4. The van der Waals surface area contributed by atoms with Crippen LogP contribution in [0.3, 0.4) is 0 Å². The largest absolute Gasteiger partial charge is 0.442 e. The fourth-order valence-corrected chi connectivity index (χ4v) is 2.54. The molecule has 138 valence electrons. The van der Waals surface area contributed by atoms with E-state index in [1.165, 1.54) is 6.92 Å². The normalized spacial score (nSPS) is 16.5. The molecule has 1 aliphatic rings. The Bertz CT molecular complexity index is 837. The fourth-order valence-electron chi connectivity index (χ4n) is 2.45. The summed E-state index contributed by atoms with van der Waals surface area (Å²) < 4.78 is 38.8. The molecular formula is C15H15F2N5O3S. The summed E-state index contributed by atoms with van der Waals surface area (Å²) in [5, 5.41) is 9.50. The molecule has 1 fully saturated rings. The Morgan fingerprint density at radius 2 is 2.12 bits per heavy atom. The fraction of sp³-hybridized carbons (Fsp3) is 0.333. The van der Waals surface area contributed by atoms with Crippen LogP contribution in [-0.4, -0.2) is 47.6 Å². The molecule has 3 rings (SSSR count). The van der Waals surface area contributed by atoms with E-state index >= 15 is 0 Å². The molecule has 0 aliphatic carbocycles. The molecule has 8 nitrogen and oxygen atoms in total. The van der Waals surface area contributed by atoms with Crippen LogP contribution >= 0.6 is 12.2 Å². The average Bonchev–Trinajstić information content (AvgIpc) is 3.17. The summed E-state index contributed by atoms with van der Waals surface area (Å²) in [4.78, 5) is 17.0. The molecule has 1 amide bonds. The topological polar surface area (TPSA) is 92.5 Å². The van der Waals surface area contributed by atoms with Gasteiger partial charge in [0.2, 0.25) is 0 Å². The van der Waals surface area contributed by atoms with E-state index < -0.39 is 29.4 Å². The Kier molecular flexibility index (Phi) is 4.98. The van der Waals surface area contributed by atoms with Crippen molar-refractivity contribution in [1.29, 1.82) is 0 Å². The number of hydrogen-bond donors (Lipinski definition) is 2. The van der Waals surface area contributed by atoms with E-state index in [9.17, 15) is 13.6 Å². The number of nitrogens with one attached hydrogen (secondary N) is 2. The van der Waals surface area contributed by atoms with Crippen molar-refractivity contribution >= 4 is 29.1 Å². The number of hydrogen-bond acceptors (Lipinski definition) is 6. The highest BCUT2D eigenvalue weighted by atomic mass is 32.1. The standard InChI is InChI=1S/C15H15F2N5O3S/c1-7-20-13(25-21-7)12-10(16)3-8(4-11(12)17)22-6-9(24-15(22)23)5-19-14(26)18-2/h3-4,9H,5-6H2,1-2H3,(H2,18,19,26). The van der Waals surface area contributed by atoms with Gasteiger partial charge >= 0.3 is 6.09 Å². The van der Waals surface area contributed by atoms with Crippen LogP contribution in [0.15, 0.2) is 16.7 Å². The molecule has 1 aromatic carbocycles. The monoisotopic (exact) mass is 383 g/mol. The van der Waals surface area contributed by atoms with Crippen LogP contribution in [0.2, 0.25) is 0 Å². The van der Waals surface area contributed by atoms with Gasteiger partial charge in [-0.3, -0.25) is 4.90 Å². The van der Waals surface area contributed by atoms with Gasteiger partial charge in [0.25, 0.3) is 5.89 Å². The number of amides is 1. The maximum absolute atomic E-state index is 14.4. The third-order valence-corrected chi connectivity index (χ3v) is 4.02. The van der Waals surface area contributed by atoms with Gasteiger partial charge in [-0.25, -0.2) is 13.6 Å². The number of anilines is 1. The third-order valence-electron chi connectivity index (χ3n) is 3.67. The minimum Gasteiger partial charge on any atom is -0.442 e.